The highest BCUT2D eigenvalue weighted by atomic mass is 32.2. The van der Waals surface area contributed by atoms with Crippen LogP contribution in [0.25, 0.3) is 16.7 Å². The van der Waals surface area contributed by atoms with Gasteiger partial charge in [-0.05, 0) is 64.8 Å². The van der Waals surface area contributed by atoms with E-state index in [0.29, 0.717) is 42.4 Å². The highest BCUT2D eigenvalue weighted by molar-refractivity contribution is 7.84. The molecule has 1 aromatic carbocycles. The Hall–Kier alpha value is -2.63. The van der Waals surface area contributed by atoms with E-state index in [1.54, 1.807) is 18.3 Å². The minimum absolute atomic E-state index is 0.00635. The Labute approximate surface area is 205 Å². The Morgan fingerprint density at radius 3 is 2.57 bits per heavy atom. The number of ether oxygens (including phenoxy) is 1. The van der Waals surface area contributed by atoms with Gasteiger partial charge in [0.2, 0.25) is 5.95 Å². The van der Waals surface area contributed by atoms with Gasteiger partial charge in [0.1, 0.15) is 11.3 Å². The first-order valence-electron chi connectivity index (χ1n) is 11.9. The van der Waals surface area contributed by atoms with Gasteiger partial charge in [-0.3, -0.25) is 9.78 Å². The largest absolute Gasteiger partial charge is 0.376 e. The molecular formula is C24H31FN6O3S. The number of hydrogen-bond acceptors (Lipinski definition) is 6. The maximum absolute atomic E-state index is 13.3. The Bertz CT molecular complexity index is 1310. The zero-order chi connectivity index (χ0) is 25.0. The van der Waals surface area contributed by atoms with E-state index in [2.05, 4.69) is 24.7 Å². The quantitative estimate of drug-likeness (QED) is 0.568. The number of aromatic nitrogens is 4. The lowest BCUT2D eigenvalue weighted by Gasteiger charge is -2.43. The molecule has 2 aromatic heterocycles. The molecule has 5 rings (SSSR count). The standard InChI is InChI=1S/C24H31FN6O3S/c1-15-20(29-35(33)23(2,3)4)24(14-34-15)9-11-30(12-10-24)22-27-18-13-26-31(19(18)21(32)28-22)17-7-5-16(25)6-8-17/h5-8,13,15,20,29H,9-12,14H2,1-4H3,(H,27,28,32)/t15-,20+,35?/m0/s1. The van der Waals surface area contributed by atoms with Crippen LogP contribution in [-0.2, 0) is 15.7 Å². The second kappa shape index (κ2) is 8.79. The summed E-state index contributed by atoms with van der Waals surface area (Å²) >= 11 is 0. The third-order valence-electron chi connectivity index (χ3n) is 7.10. The lowest BCUT2D eigenvalue weighted by Crippen LogP contribution is -2.55. The van der Waals surface area contributed by atoms with Crippen LogP contribution in [0.1, 0.15) is 40.5 Å². The summed E-state index contributed by atoms with van der Waals surface area (Å²) in [4.78, 5) is 22.7. The van der Waals surface area contributed by atoms with Crippen LogP contribution in [0.5, 0.6) is 0 Å². The van der Waals surface area contributed by atoms with Gasteiger partial charge in [0.15, 0.2) is 5.52 Å². The number of halogens is 1. The van der Waals surface area contributed by atoms with Gasteiger partial charge >= 0.3 is 0 Å². The molecule has 0 saturated carbocycles. The molecule has 3 aromatic rings. The number of H-pyrrole nitrogens is 1. The summed E-state index contributed by atoms with van der Waals surface area (Å²) in [5.41, 5.74) is 0.967. The first kappa shape index (κ1) is 24.1. The van der Waals surface area contributed by atoms with Gasteiger partial charge in [0, 0.05) is 18.5 Å². The van der Waals surface area contributed by atoms with Crippen LogP contribution in [0.15, 0.2) is 35.3 Å². The van der Waals surface area contributed by atoms with Crippen LogP contribution in [0, 0.1) is 11.2 Å². The number of piperidine rings is 1. The molecule has 1 spiro atoms. The molecule has 11 heteroatoms. The van der Waals surface area contributed by atoms with E-state index in [9.17, 15) is 13.4 Å². The maximum atomic E-state index is 13.3. The SMILES string of the molecule is C[C@@H]1OCC2(CCN(c3nc4cnn(-c5ccc(F)cc5)c4c(=O)[nH]3)CC2)[C@@H]1NS(=O)C(C)(C)C. The Kier molecular flexibility index (Phi) is 6.05. The van der Waals surface area contributed by atoms with Gasteiger partial charge < -0.3 is 9.64 Å². The van der Waals surface area contributed by atoms with Crippen molar-refractivity contribution < 1.29 is 13.3 Å². The van der Waals surface area contributed by atoms with E-state index in [-0.39, 0.29) is 33.7 Å². The van der Waals surface area contributed by atoms with Gasteiger partial charge in [-0.25, -0.2) is 23.0 Å². The lowest BCUT2D eigenvalue weighted by atomic mass is 9.73. The van der Waals surface area contributed by atoms with E-state index in [1.807, 2.05) is 27.7 Å². The lowest BCUT2D eigenvalue weighted by molar-refractivity contribution is 0.0973. The summed E-state index contributed by atoms with van der Waals surface area (Å²) in [6.07, 6.45) is 3.18. The predicted octanol–water partition coefficient (Wildman–Crippen LogP) is 2.67. The van der Waals surface area contributed by atoms with Crippen LogP contribution in [0.3, 0.4) is 0 Å². The van der Waals surface area contributed by atoms with Gasteiger partial charge in [0.25, 0.3) is 5.56 Å². The number of rotatable bonds is 4. The van der Waals surface area contributed by atoms with Crippen LogP contribution in [0.4, 0.5) is 10.3 Å². The van der Waals surface area contributed by atoms with Crippen molar-refractivity contribution in [3.8, 4) is 5.69 Å². The Balaban J connectivity index is 1.36. The number of benzene rings is 1. The molecule has 0 aliphatic carbocycles. The number of hydrogen-bond donors (Lipinski definition) is 2. The van der Waals surface area contributed by atoms with Crippen LogP contribution in [0.2, 0.25) is 0 Å². The molecule has 3 atom stereocenters. The molecule has 1 unspecified atom stereocenters. The fourth-order valence-corrected chi connectivity index (χ4v) is 6.00. The van der Waals surface area contributed by atoms with Crippen molar-refractivity contribution in [2.75, 3.05) is 24.6 Å². The monoisotopic (exact) mass is 502 g/mol. The van der Waals surface area contributed by atoms with E-state index in [4.69, 9.17) is 4.74 Å². The van der Waals surface area contributed by atoms with E-state index < -0.39 is 11.0 Å². The average Bonchev–Trinajstić information content (AvgIpc) is 3.37. The molecule has 35 heavy (non-hydrogen) atoms. The summed E-state index contributed by atoms with van der Waals surface area (Å²) < 4.78 is 36.6. The maximum Gasteiger partial charge on any atom is 0.278 e. The summed E-state index contributed by atoms with van der Waals surface area (Å²) in [6.45, 7) is 9.92. The third-order valence-corrected chi connectivity index (χ3v) is 8.68. The van der Waals surface area contributed by atoms with Crippen molar-refractivity contribution in [1.29, 1.82) is 0 Å². The Morgan fingerprint density at radius 1 is 1.23 bits per heavy atom. The fraction of sp³-hybridized carbons (Fsp3) is 0.542. The molecule has 4 heterocycles. The summed E-state index contributed by atoms with van der Waals surface area (Å²) in [7, 11) is -1.19. The third kappa shape index (κ3) is 4.41. The summed E-state index contributed by atoms with van der Waals surface area (Å²) in [5.74, 6) is 0.150. The molecule has 9 nitrogen and oxygen atoms in total. The molecule has 2 N–H and O–H groups in total. The van der Waals surface area contributed by atoms with Gasteiger partial charge in [-0.1, -0.05) is 0 Å². The number of aromatic amines is 1. The van der Waals surface area contributed by atoms with Gasteiger partial charge in [-0.15, -0.1) is 0 Å². The number of nitrogens with one attached hydrogen (secondary N) is 2. The van der Waals surface area contributed by atoms with Crippen molar-refractivity contribution in [2.24, 2.45) is 5.41 Å². The van der Waals surface area contributed by atoms with Crippen molar-refractivity contribution in [2.45, 2.75) is 57.4 Å². The van der Waals surface area contributed by atoms with Gasteiger partial charge in [-0.2, -0.15) is 5.10 Å². The first-order valence-corrected chi connectivity index (χ1v) is 13.0. The number of nitrogens with zero attached hydrogens (tertiary/aromatic N) is 4. The smallest absolute Gasteiger partial charge is 0.278 e. The van der Waals surface area contributed by atoms with Crippen LogP contribution in [-0.4, -0.2) is 60.5 Å². The number of anilines is 1. The normalized spacial score (nSPS) is 23.3. The molecule has 2 fully saturated rings. The second-order valence-corrected chi connectivity index (χ2v) is 12.5. The van der Waals surface area contributed by atoms with Crippen molar-refractivity contribution in [1.82, 2.24) is 24.5 Å². The molecular weight excluding hydrogens is 471 g/mol. The van der Waals surface area contributed by atoms with Gasteiger partial charge in [0.05, 0.1) is 46.4 Å². The minimum atomic E-state index is -1.19. The predicted molar refractivity (Wildman–Crippen MR) is 134 cm³/mol. The molecule has 2 aliphatic heterocycles. The topological polar surface area (TPSA) is 105 Å². The average molecular weight is 503 g/mol. The molecule has 0 bridgehead atoms. The molecule has 188 valence electrons. The number of fused-ring (bicyclic) bond motifs is 1. The molecule has 0 radical (unpaired) electrons. The van der Waals surface area contributed by atoms with Crippen LogP contribution < -0.4 is 15.2 Å². The highest BCUT2D eigenvalue weighted by Crippen LogP contribution is 2.43. The first-order chi connectivity index (χ1) is 16.6. The second-order valence-electron chi connectivity index (χ2n) is 10.5. The molecule has 0 amide bonds. The summed E-state index contributed by atoms with van der Waals surface area (Å²) in [5, 5.41) is 4.31. The molecule has 2 saturated heterocycles. The summed E-state index contributed by atoms with van der Waals surface area (Å²) in [6, 6.07) is 5.79. The highest BCUT2D eigenvalue weighted by Gasteiger charge is 2.50. The van der Waals surface area contributed by atoms with Crippen molar-refractivity contribution >= 4 is 28.0 Å². The van der Waals surface area contributed by atoms with E-state index >= 15 is 0 Å². The fourth-order valence-electron chi connectivity index (χ4n) is 4.98. The Morgan fingerprint density at radius 2 is 1.91 bits per heavy atom. The van der Waals surface area contributed by atoms with E-state index in [0.717, 1.165) is 12.8 Å². The van der Waals surface area contributed by atoms with E-state index in [1.165, 1.54) is 16.8 Å². The minimum Gasteiger partial charge on any atom is -0.376 e. The van der Waals surface area contributed by atoms with Crippen molar-refractivity contribution in [3.63, 3.8) is 0 Å². The zero-order valence-electron chi connectivity index (χ0n) is 20.4. The zero-order valence-corrected chi connectivity index (χ0v) is 21.2. The molecule has 2 aliphatic rings. The van der Waals surface area contributed by atoms with Crippen LogP contribution >= 0.6 is 0 Å². The van der Waals surface area contributed by atoms with Crippen molar-refractivity contribution in [3.05, 3.63) is 46.6 Å².